The first-order valence-electron chi connectivity index (χ1n) is 4.91. The molecule has 0 N–H and O–H groups in total. The molecule has 0 amide bonds. The summed E-state index contributed by atoms with van der Waals surface area (Å²) in [6.07, 6.45) is 3.96. The zero-order valence-electron chi connectivity index (χ0n) is 8.09. The molecule has 4 heteroatoms. The molecule has 0 aromatic heterocycles. The van der Waals surface area contributed by atoms with E-state index in [1.165, 1.54) is 32.4 Å². The van der Waals surface area contributed by atoms with E-state index in [0.29, 0.717) is 5.08 Å². The Kier molecular flexibility index (Phi) is 4.79. The summed E-state index contributed by atoms with van der Waals surface area (Å²) in [6.45, 7) is 7.10. The standard InChI is InChI=1S/C8H19BrN2Si/c1-3-5-7-11-8(9)10(12-11)6-4-2/h8H,3-7,12H2,1-2H3. The minimum atomic E-state index is -0.0261. The molecule has 1 fully saturated rings. The monoisotopic (exact) mass is 250 g/mol. The van der Waals surface area contributed by atoms with Crippen molar-refractivity contribution in [3.63, 3.8) is 0 Å². The fraction of sp³-hybridized carbons (Fsp3) is 1.00. The molecule has 0 aliphatic carbocycles. The molecule has 0 radical (unpaired) electrons. The number of hydrogen-bond acceptors (Lipinski definition) is 2. The summed E-state index contributed by atoms with van der Waals surface area (Å²) < 4.78 is 5.20. The molecule has 0 spiro atoms. The molecular formula is C8H19BrN2Si. The van der Waals surface area contributed by atoms with Crippen LogP contribution < -0.4 is 0 Å². The highest BCUT2D eigenvalue weighted by atomic mass is 79.9. The van der Waals surface area contributed by atoms with Crippen molar-refractivity contribution >= 4 is 25.8 Å². The van der Waals surface area contributed by atoms with Crippen LogP contribution in [-0.2, 0) is 0 Å². The average molecular weight is 251 g/mol. The van der Waals surface area contributed by atoms with Crippen LogP contribution in [0, 0.1) is 0 Å². The molecule has 12 heavy (non-hydrogen) atoms. The summed E-state index contributed by atoms with van der Waals surface area (Å²) in [7, 11) is -0.0261. The molecule has 72 valence electrons. The Morgan fingerprint density at radius 1 is 1.17 bits per heavy atom. The van der Waals surface area contributed by atoms with Gasteiger partial charge in [0.2, 0.25) is 0 Å². The molecular weight excluding hydrogens is 232 g/mol. The van der Waals surface area contributed by atoms with Gasteiger partial charge in [-0.15, -0.1) is 0 Å². The number of halogens is 1. The lowest BCUT2D eigenvalue weighted by Gasteiger charge is -2.47. The van der Waals surface area contributed by atoms with Crippen molar-refractivity contribution < 1.29 is 0 Å². The first-order valence-corrected chi connectivity index (χ1v) is 7.09. The maximum Gasteiger partial charge on any atom is 0.176 e. The second-order valence-electron chi connectivity index (χ2n) is 3.43. The van der Waals surface area contributed by atoms with Crippen molar-refractivity contribution in [3.8, 4) is 0 Å². The Morgan fingerprint density at radius 3 is 2.33 bits per heavy atom. The number of nitrogens with zero attached hydrogens (tertiary/aromatic N) is 2. The van der Waals surface area contributed by atoms with Crippen molar-refractivity contribution in [1.29, 1.82) is 0 Å². The van der Waals surface area contributed by atoms with E-state index in [1.54, 1.807) is 0 Å². The second-order valence-corrected chi connectivity index (χ2v) is 6.16. The van der Waals surface area contributed by atoms with Crippen LogP contribution in [-0.4, -0.2) is 37.1 Å². The highest BCUT2D eigenvalue weighted by Gasteiger charge is 2.32. The Bertz CT molecular complexity index is 134. The van der Waals surface area contributed by atoms with Crippen LogP contribution in [0.3, 0.4) is 0 Å². The van der Waals surface area contributed by atoms with Gasteiger partial charge in [-0.25, -0.2) is 0 Å². The molecule has 2 nitrogen and oxygen atoms in total. The lowest BCUT2D eigenvalue weighted by atomic mass is 10.3. The lowest BCUT2D eigenvalue weighted by molar-refractivity contribution is 0.174. The number of unbranched alkanes of at least 4 members (excludes halogenated alkanes) is 1. The van der Waals surface area contributed by atoms with Crippen LogP contribution in [0.15, 0.2) is 0 Å². The molecule has 1 atom stereocenters. The molecule has 1 aliphatic rings. The van der Waals surface area contributed by atoms with Gasteiger partial charge in [-0.2, -0.15) is 0 Å². The van der Waals surface area contributed by atoms with Crippen molar-refractivity contribution in [1.82, 2.24) is 9.13 Å². The van der Waals surface area contributed by atoms with E-state index in [0.717, 1.165) is 0 Å². The van der Waals surface area contributed by atoms with Crippen LogP contribution in [0.4, 0.5) is 0 Å². The minimum Gasteiger partial charge on any atom is -0.293 e. The molecule has 1 aliphatic heterocycles. The smallest absolute Gasteiger partial charge is 0.176 e. The zero-order chi connectivity index (χ0) is 8.97. The van der Waals surface area contributed by atoms with Crippen molar-refractivity contribution in [2.75, 3.05) is 13.1 Å². The van der Waals surface area contributed by atoms with Crippen molar-refractivity contribution in [2.24, 2.45) is 0 Å². The Hall–Kier alpha value is 0.617. The third-order valence-electron chi connectivity index (χ3n) is 2.28. The SMILES string of the molecule is CCCCN1[SiH2]N(CCC)C1Br. The largest absolute Gasteiger partial charge is 0.293 e. The lowest BCUT2D eigenvalue weighted by Crippen LogP contribution is -2.63. The van der Waals surface area contributed by atoms with Gasteiger partial charge >= 0.3 is 0 Å². The topological polar surface area (TPSA) is 6.48 Å². The van der Waals surface area contributed by atoms with Gasteiger partial charge in [0.05, 0.1) is 0 Å². The normalized spacial score (nSPS) is 27.8. The first kappa shape index (κ1) is 10.7. The van der Waals surface area contributed by atoms with Gasteiger partial charge in [-0.1, -0.05) is 36.2 Å². The summed E-state index contributed by atoms with van der Waals surface area (Å²) in [5.74, 6) is 0. The predicted molar refractivity (Wildman–Crippen MR) is 59.9 cm³/mol. The van der Waals surface area contributed by atoms with Gasteiger partial charge < -0.3 is 0 Å². The summed E-state index contributed by atoms with van der Waals surface area (Å²) >= 11 is 3.71. The molecule has 1 unspecified atom stereocenters. The molecule has 1 heterocycles. The molecule has 0 bridgehead atoms. The summed E-state index contributed by atoms with van der Waals surface area (Å²) in [5.41, 5.74) is 0. The van der Waals surface area contributed by atoms with Gasteiger partial charge in [-0.3, -0.25) is 9.13 Å². The number of alkyl halides is 1. The number of rotatable bonds is 5. The van der Waals surface area contributed by atoms with E-state index in [-0.39, 0.29) is 9.84 Å². The average Bonchev–Trinajstić information content (AvgIpc) is 2.09. The van der Waals surface area contributed by atoms with Crippen molar-refractivity contribution in [2.45, 2.75) is 38.2 Å². The van der Waals surface area contributed by atoms with E-state index in [9.17, 15) is 0 Å². The third kappa shape index (κ3) is 2.55. The number of hydrogen-bond donors (Lipinski definition) is 0. The van der Waals surface area contributed by atoms with Gasteiger partial charge in [0.1, 0.15) is 5.08 Å². The summed E-state index contributed by atoms with van der Waals surface area (Å²) in [4.78, 5) is 0. The predicted octanol–water partition coefficient (Wildman–Crippen LogP) is 1.49. The molecule has 1 rings (SSSR count). The van der Waals surface area contributed by atoms with Gasteiger partial charge in [-0.05, 0) is 25.9 Å². The second kappa shape index (κ2) is 5.37. The molecule has 0 aromatic carbocycles. The molecule has 0 saturated carbocycles. The van der Waals surface area contributed by atoms with E-state index >= 15 is 0 Å². The Balaban J connectivity index is 2.10. The van der Waals surface area contributed by atoms with Gasteiger partial charge in [0, 0.05) is 0 Å². The highest BCUT2D eigenvalue weighted by Crippen LogP contribution is 2.22. The van der Waals surface area contributed by atoms with Crippen molar-refractivity contribution in [3.05, 3.63) is 0 Å². The summed E-state index contributed by atoms with van der Waals surface area (Å²) in [5, 5.41) is 0.579. The molecule has 0 aromatic rings. The molecule has 1 saturated heterocycles. The van der Waals surface area contributed by atoms with E-state index in [4.69, 9.17) is 0 Å². The Morgan fingerprint density at radius 2 is 1.83 bits per heavy atom. The van der Waals surface area contributed by atoms with Crippen LogP contribution in [0.25, 0.3) is 0 Å². The fourth-order valence-electron chi connectivity index (χ4n) is 1.51. The van der Waals surface area contributed by atoms with Crippen LogP contribution in [0.5, 0.6) is 0 Å². The Labute approximate surface area is 86.4 Å². The third-order valence-corrected chi connectivity index (χ3v) is 6.55. The van der Waals surface area contributed by atoms with Crippen LogP contribution in [0.1, 0.15) is 33.1 Å². The quantitative estimate of drug-likeness (QED) is 0.415. The minimum absolute atomic E-state index is 0.0261. The maximum absolute atomic E-state index is 3.71. The van der Waals surface area contributed by atoms with Gasteiger partial charge in [0.25, 0.3) is 0 Å². The maximum atomic E-state index is 3.71. The zero-order valence-corrected chi connectivity index (χ0v) is 11.1. The highest BCUT2D eigenvalue weighted by molar-refractivity contribution is 9.09. The van der Waals surface area contributed by atoms with E-state index in [2.05, 4.69) is 38.9 Å². The summed E-state index contributed by atoms with van der Waals surface area (Å²) in [6, 6.07) is 0. The fourth-order valence-corrected chi connectivity index (χ4v) is 4.40. The van der Waals surface area contributed by atoms with Crippen LogP contribution in [0.2, 0.25) is 0 Å². The van der Waals surface area contributed by atoms with E-state index in [1.807, 2.05) is 0 Å². The van der Waals surface area contributed by atoms with Gasteiger partial charge in [0.15, 0.2) is 9.84 Å². The van der Waals surface area contributed by atoms with E-state index < -0.39 is 0 Å². The van der Waals surface area contributed by atoms with Crippen LogP contribution >= 0.6 is 15.9 Å². The first-order chi connectivity index (χ1) is 5.79.